The van der Waals surface area contributed by atoms with Gasteiger partial charge in [-0.25, -0.2) is 14.4 Å². The maximum absolute atomic E-state index is 13.3. The molecule has 1 heterocycles. The Balaban J connectivity index is 1.31. The Labute approximate surface area is 289 Å². The number of hydrogen-bond acceptors (Lipinski definition) is 11. The van der Waals surface area contributed by atoms with Gasteiger partial charge in [0.1, 0.15) is 46.9 Å². The second-order valence-corrected chi connectivity index (χ2v) is 13.0. The number of carbonyl (C=O) groups is 4. The molecule has 3 atom stereocenters. The van der Waals surface area contributed by atoms with Gasteiger partial charge in [0, 0.05) is 17.4 Å². The van der Waals surface area contributed by atoms with Crippen molar-refractivity contribution in [3.8, 4) is 11.5 Å². The number of nitrogens with one attached hydrogen (secondary N) is 2. The van der Waals surface area contributed by atoms with Crippen molar-refractivity contribution in [3.63, 3.8) is 0 Å². The number of esters is 1. The zero-order chi connectivity index (χ0) is 34.7. The smallest absolute Gasteiger partial charge is 0.408 e. The number of carbonyl (C=O) groups excluding carboxylic acids is 4. The number of nitrogens with zero attached hydrogens (tertiary/aromatic N) is 1. The Hall–Kier alpha value is -4.15. The van der Waals surface area contributed by atoms with E-state index in [0.29, 0.717) is 53.4 Å². The Morgan fingerprint density at radius 2 is 1.83 bits per heavy atom. The fourth-order valence-corrected chi connectivity index (χ4v) is 6.82. The first-order valence-corrected chi connectivity index (χ1v) is 16.7. The molecular weight excluding hydrogens is 710 g/mol. The molecule has 3 aromatic rings. The molecule has 1 aliphatic rings. The number of amides is 3. The van der Waals surface area contributed by atoms with Crippen LogP contribution in [0.4, 0.5) is 4.79 Å². The summed E-state index contributed by atoms with van der Waals surface area (Å²) in [5.41, 5.74) is 2.07. The molecule has 0 radical (unpaired) electrons. The molecule has 0 saturated carbocycles. The van der Waals surface area contributed by atoms with Gasteiger partial charge in [-0.15, -0.1) is 0 Å². The standard InChI is InChI=1S/C33H36BrN3O10S/c1-45-32(41)30-26(38)11-8-12-27(30)46-16-7-3-6-15-35-31(40)25(36-33(42)47-20-21-9-4-2-5-10-21)18-22-13-14-23(24(34)17-22)28-19-29(39)37(43,44)48-28/h2,4-5,8-14,17,25,28,38,43H,3,6-7,15-16,18-20H2,1H3,(H,35,40)(H,36,42)/t25-,28?/m0/s1. The largest absolute Gasteiger partial charge is 0.579 e. The van der Waals surface area contributed by atoms with Crippen LogP contribution in [0.5, 0.6) is 11.5 Å². The minimum atomic E-state index is -1.99. The minimum Gasteiger partial charge on any atom is -0.579 e. The van der Waals surface area contributed by atoms with Crippen molar-refractivity contribution in [1.82, 2.24) is 10.6 Å². The zero-order valence-corrected chi connectivity index (χ0v) is 28.5. The number of aromatic hydroxyl groups is 1. The number of methoxy groups -OCH3 is 1. The first-order valence-electron chi connectivity index (χ1n) is 15.1. The predicted octanol–water partition coefficient (Wildman–Crippen LogP) is 5.47. The second-order valence-electron chi connectivity index (χ2n) is 10.9. The number of ether oxygens (including phenoxy) is 3. The van der Waals surface area contributed by atoms with Gasteiger partial charge in [0.25, 0.3) is 0 Å². The number of unbranched alkanes of at least 4 members (excludes halogenated alkanes) is 2. The van der Waals surface area contributed by atoms with Gasteiger partial charge in [0.2, 0.25) is 5.91 Å². The highest BCUT2D eigenvalue weighted by molar-refractivity contribution is 9.10. The molecule has 0 bridgehead atoms. The van der Waals surface area contributed by atoms with E-state index >= 15 is 0 Å². The zero-order valence-electron chi connectivity index (χ0n) is 26.1. The predicted molar refractivity (Wildman–Crippen MR) is 179 cm³/mol. The SMILES string of the molecule is COC(=O)c1c(O)cccc1OCCCCCNC(=O)[C@H](Cc1ccc(C2CC(=O)[N+]([O-])(O)S2)c(Br)c1)NC(=O)OCc1ccccc1. The lowest BCUT2D eigenvalue weighted by Gasteiger charge is -2.22. The summed E-state index contributed by atoms with van der Waals surface area (Å²) in [5.74, 6) is -1.99. The van der Waals surface area contributed by atoms with Crippen LogP contribution in [0.2, 0.25) is 0 Å². The normalized spacial score (nSPS) is 17.8. The van der Waals surface area contributed by atoms with E-state index in [1.54, 1.807) is 30.3 Å². The van der Waals surface area contributed by atoms with Crippen molar-refractivity contribution in [2.24, 2.45) is 0 Å². The summed E-state index contributed by atoms with van der Waals surface area (Å²) in [6.07, 6.45) is 1.11. The monoisotopic (exact) mass is 745 g/mol. The highest BCUT2D eigenvalue weighted by Gasteiger charge is 2.44. The number of alkyl carbamates (subject to hydrolysis) is 1. The van der Waals surface area contributed by atoms with Gasteiger partial charge in [-0.05, 0) is 54.2 Å². The van der Waals surface area contributed by atoms with Crippen LogP contribution in [0.3, 0.4) is 0 Å². The third kappa shape index (κ3) is 10.2. The molecule has 1 saturated heterocycles. The molecule has 48 heavy (non-hydrogen) atoms. The first kappa shape index (κ1) is 36.7. The van der Waals surface area contributed by atoms with Gasteiger partial charge in [0.15, 0.2) is 0 Å². The highest BCUT2D eigenvalue weighted by Crippen LogP contribution is 2.47. The van der Waals surface area contributed by atoms with E-state index in [1.807, 2.05) is 30.3 Å². The molecule has 3 aromatic carbocycles. The quantitative estimate of drug-likeness (QED) is 0.0387. The van der Waals surface area contributed by atoms with E-state index in [-0.39, 0.29) is 43.1 Å². The van der Waals surface area contributed by atoms with Gasteiger partial charge in [0.05, 0.1) is 20.1 Å². The molecule has 4 N–H and O–H groups in total. The molecule has 15 heteroatoms. The van der Waals surface area contributed by atoms with Crippen molar-refractivity contribution in [2.45, 2.75) is 50.0 Å². The summed E-state index contributed by atoms with van der Waals surface area (Å²) >= 11 is 4.06. The molecule has 1 aliphatic heterocycles. The molecular formula is C33H36BrN3O10S. The summed E-state index contributed by atoms with van der Waals surface area (Å²) in [4.78, 5) is 49.8. The summed E-state index contributed by atoms with van der Waals surface area (Å²) in [6.45, 7) is 0.612. The van der Waals surface area contributed by atoms with E-state index in [2.05, 4.69) is 26.6 Å². The molecule has 0 aromatic heterocycles. The summed E-state index contributed by atoms with van der Waals surface area (Å²) in [5, 5.41) is 36.6. The highest BCUT2D eigenvalue weighted by atomic mass is 79.9. The van der Waals surface area contributed by atoms with E-state index in [0.717, 1.165) is 5.56 Å². The molecule has 1 fully saturated rings. The lowest BCUT2D eigenvalue weighted by Crippen LogP contribution is -2.48. The Morgan fingerprint density at radius 3 is 2.52 bits per heavy atom. The number of hydrogen-bond donors (Lipinski definition) is 4. The van der Waals surface area contributed by atoms with Crippen molar-refractivity contribution in [3.05, 3.63) is 98.7 Å². The maximum atomic E-state index is 13.3. The first-order chi connectivity index (χ1) is 23.0. The molecule has 0 spiro atoms. The average Bonchev–Trinajstić information content (AvgIpc) is 3.34. The number of quaternary nitrogens is 1. The minimum absolute atomic E-state index is 0.0232. The van der Waals surface area contributed by atoms with Crippen molar-refractivity contribution in [2.75, 3.05) is 20.3 Å². The van der Waals surface area contributed by atoms with Crippen molar-refractivity contribution in [1.29, 1.82) is 0 Å². The lowest BCUT2D eigenvalue weighted by molar-refractivity contribution is -0.880. The molecule has 13 nitrogen and oxygen atoms in total. The molecule has 2 unspecified atom stereocenters. The second kappa shape index (κ2) is 17.3. The van der Waals surface area contributed by atoms with Crippen LogP contribution in [-0.4, -0.2) is 64.7 Å². The van der Waals surface area contributed by atoms with Crippen molar-refractivity contribution < 1.29 is 47.9 Å². The van der Waals surface area contributed by atoms with Crippen LogP contribution in [0.1, 0.15) is 58.0 Å². The van der Waals surface area contributed by atoms with Gasteiger partial charge in [-0.3, -0.25) is 4.79 Å². The van der Waals surface area contributed by atoms with Gasteiger partial charge >= 0.3 is 18.0 Å². The molecule has 3 amide bonds. The third-order valence-corrected chi connectivity index (χ3v) is 9.24. The lowest BCUT2D eigenvalue weighted by atomic mass is 10.0. The van der Waals surface area contributed by atoms with Gasteiger partial charge < -0.3 is 35.2 Å². The Morgan fingerprint density at radius 1 is 1.06 bits per heavy atom. The number of halogens is 1. The molecule has 256 valence electrons. The van der Waals surface area contributed by atoms with Crippen LogP contribution < -0.4 is 15.4 Å². The van der Waals surface area contributed by atoms with E-state index in [1.165, 1.54) is 13.2 Å². The van der Waals surface area contributed by atoms with Crippen LogP contribution in [0.15, 0.2) is 71.2 Å². The number of phenolic OH excluding ortho intramolecular Hbond substituents is 1. The summed E-state index contributed by atoms with van der Waals surface area (Å²) < 4.78 is 14.3. The average molecular weight is 747 g/mol. The topological polar surface area (TPSA) is 184 Å². The van der Waals surface area contributed by atoms with Crippen LogP contribution in [0.25, 0.3) is 0 Å². The third-order valence-electron chi connectivity index (χ3n) is 7.39. The number of rotatable bonds is 15. The maximum Gasteiger partial charge on any atom is 0.408 e. The molecule has 4 rings (SSSR count). The van der Waals surface area contributed by atoms with E-state index in [9.17, 15) is 34.7 Å². The van der Waals surface area contributed by atoms with Gasteiger partial charge in [-0.1, -0.05) is 68.7 Å². The number of phenols is 1. The van der Waals surface area contributed by atoms with Crippen molar-refractivity contribution >= 4 is 51.8 Å². The summed E-state index contributed by atoms with van der Waals surface area (Å²) in [6, 6.07) is 17.8. The van der Waals surface area contributed by atoms with E-state index in [4.69, 9.17) is 14.2 Å². The Bertz CT molecular complexity index is 1610. The fraction of sp³-hybridized carbons (Fsp3) is 0.333. The van der Waals surface area contributed by atoms with Crippen LogP contribution in [0, 0.1) is 5.21 Å². The van der Waals surface area contributed by atoms with Gasteiger partial charge in [-0.2, -0.15) is 5.21 Å². The van der Waals surface area contributed by atoms with E-state index < -0.39 is 39.4 Å². The summed E-state index contributed by atoms with van der Waals surface area (Å²) in [7, 11) is 1.21. The Kier molecular flexibility index (Phi) is 13.2. The van der Waals surface area contributed by atoms with Crippen LogP contribution >= 0.6 is 27.9 Å². The number of hydroxylamine groups is 2. The van der Waals surface area contributed by atoms with Crippen LogP contribution in [-0.2, 0) is 32.1 Å². The molecule has 0 aliphatic carbocycles. The number of benzene rings is 3. The fourth-order valence-electron chi connectivity index (χ4n) is 4.89.